The van der Waals surface area contributed by atoms with Crippen LogP contribution in [-0.2, 0) is 0 Å². The molecular formula is C14H15F2NO. The molecule has 0 radical (unpaired) electrons. The molecule has 1 aliphatic rings. The van der Waals surface area contributed by atoms with Crippen LogP contribution >= 0.6 is 0 Å². The lowest BCUT2D eigenvalue weighted by molar-refractivity contribution is 0.337. The highest BCUT2D eigenvalue weighted by Gasteiger charge is 2.29. The predicted octanol–water partition coefficient (Wildman–Crippen LogP) is 3.42. The molecule has 3 rings (SSSR count). The molecule has 2 unspecified atom stereocenters. The number of hydrogen-bond donors (Lipinski definition) is 1. The minimum Gasteiger partial charge on any atom is -0.464 e. The van der Waals surface area contributed by atoms with E-state index >= 15 is 0 Å². The second-order valence-corrected chi connectivity index (χ2v) is 5.00. The summed E-state index contributed by atoms with van der Waals surface area (Å²) in [5.74, 6) is -1.26. The average Bonchev–Trinajstić information content (AvgIpc) is 2.80. The minimum absolute atomic E-state index is 0.00981. The van der Waals surface area contributed by atoms with Gasteiger partial charge in [0.25, 0.3) is 0 Å². The lowest BCUT2D eigenvalue weighted by Crippen LogP contribution is -2.34. The first-order chi connectivity index (χ1) is 8.68. The SMILES string of the molecule is CC1CNCCC1c1c(F)c(F)cc2ccoc12. The Morgan fingerprint density at radius 3 is 3.00 bits per heavy atom. The van der Waals surface area contributed by atoms with Crippen molar-refractivity contribution in [2.75, 3.05) is 13.1 Å². The maximum Gasteiger partial charge on any atom is 0.166 e. The summed E-state index contributed by atoms with van der Waals surface area (Å²) in [5.41, 5.74) is 0.900. The fourth-order valence-corrected chi connectivity index (χ4v) is 2.85. The van der Waals surface area contributed by atoms with Crippen molar-refractivity contribution in [1.82, 2.24) is 5.32 Å². The largest absolute Gasteiger partial charge is 0.464 e. The van der Waals surface area contributed by atoms with Crippen LogP contribution in [0.3, 0.4) is 0 Å². The molecule has 2 aromatic rings. The predicted molar refractivity (Wildman–Crippen MR) is 65.5 cm³/mol. The number of benzene rings is 1. The molecule has 0 saturated carbocycles. The smallest absolute Gasteiger partial charge is 0.166 e. The van der Waals surface area contributed by atoms with Crippen LogP contribution in [0.5, 0.6) is 0 Å². The highest BCUT2D eigenvalue weighted by atomic mass is 19.2. The summed E-state index contributed by atoms with van der Waals surface area (Å²) in [7, 11) is 0. The number of rotatable bonds is 1. The highest BCUT2D eigenvalue weighted by molar-refractivity contribution is 5.81. The van der Waals surface area contributed by atoms with Gasteiger partial charge in [-0.25, -0.2) is 8.78 Å². The third-order valence-corrected chi connectivity index (χ3v) is 3.82. The number of nitrogens with one attached hydrogen (secondary N) is 1. The maximum atomic E-state index is 14.1. The van der Waals surface area contributed by atoms with Crippen molar-refractivity contribution in [3.8, 4) is 0 Å². The third-order valence-electron chi connectivity index (χ3n) is 3.82. The van der Waals surface area contributed by atoms with Gasteiger partial charge in [0.1, 0.15) is 5.58 Å². The first-order valence-electron chi connectivity index (χ1n) is 6.24. The summed E-state index contributed by atoms with van der Waals surface area (Å²) in [6.07, 6.45) is 2.29. The van der Waals surface area contributed by atoms with Gasteiger partial charge in [-0.2, -0.15) is 0 Å². The molecule has 2 nitrogen and oxygen atoms in total. The van der Waals surface area contributed by atoms with Crippen LogP contribution in [0.1, 0.15) is 24.8 Å². The lowest BCUT2D eigenvalue weighted by Gasteiger charge is -2.30. The van der Waals surface area contributed by atoms with Crippen LogP contribution < -0.4 is 5.32 Å². The Hall–Kier alpha value is -1.42. The van der Waals surface area contributed by atoms with Gasteiger partial charge in [0.15, 0.2) is 11.6 Å². The Labute approximate surface area is 104 Å². The molecule has 1 saturated heterocycles. The molecular weight excluding hydrogens is 236 g/mol. The topological polar surface area (TPSA) is 25.2 Å². The number of hydrogen-bond acceptors (Lipinski definition) is 2. The molecule has 1 aromatic heterocycles. The van der Waals surface area contributed by atoms with Gasteiger partial charge in [0, 0.05) is 10.9 Å². The average molecular weight is 251 g/mol. The fourth-order valence-electron chi connectivity index (χ4n) is 2.85. The van der Waals surface area contributed by atoms with E-state index in [2.05, 4.69) is 12.2 Å². The number of furan rings is 1. The highest BCUT2D eigenvalue weighted by Crippen LogP contribution is 2.37. The number of halogens is 2. The van der Waals surface area contributed by atoms with E-state index in [-0.39, 0.29) is 11.8 Å². The van der Waals surface area contributed by atoms with Crippen LogP contribution in [-0.4, -0.2) is 13.1 Å². The molecule has 0 amide bonds. The van der Waals surface area contributed by atoms with Gasteiger partial charge in [-0.05, 0) is 43.5 Å². The first-order valence-corrected chi connectivity index (χ1v) is 6.24. The van der Waals surface area contributed by atoms with Gasteiger partial charge in [0.05, 0.1) is 6.26 Å². The minimum atomic E-state index is -0.787. The van der Waals surface area contributed by atoms with E-state index < -0.39 is 11.6 Å². The molecule has 1 aromatic carbocycles. The quantitative estimate of drug-likeness (QED) is 0.840. The molecule has 1 N–H and O–H groups in total. The summed E-state index contributed by atoms with van der Waals surface area (Å²) in [6.45, 7) is 3.70. The summed E-state index contributed by atoms with van der Waals surface area (Å²) in [4.78, 5) is 0. The van der Waals surface area contributed by atoms with E-state index in [1.807, 2.05) is 0 Å². The van der Waals surface area contributed by atoms with Crippen molar-refractivity contribution >= 4 is 11.0 Å². The normalized spacial score (nSPS) is 24.6. The summed E-state index contributed by atoms with van der Waals surface area (Å²) in [5, 5.41) is 3.90. The Kier molecular flexibility index (Phi) is 2.82. The van der Waals surface area contributed by atoms with E-state index in [1.54, 1.807) is 6.07 Å². The number of piperidine rings is 1. The van der Waals surface area contributed by atoms with E-state index in [9.17, 15) is 8.78 Å². The second kappa shape index (κ2) is 4.35. The van der Waals surface area contributed by atoms with Crippen molar-refractivity contribution in [2.24, 2.45) is 5.92 Å². The van der Waals surface area contributed by atoms with Gasteiger partial charge in [-0.1, -0.05) is 6.92 Å². The maximum absolute atomic E-state index is 14.1. The van der Waals surface area contributed by atoms with E-state index in [0.717, 1.165) is 19.5 Å². The third kappa shape index (κ3) is 1.72. The van der Waals surface area contributed by atoms with Gasteiger partial charge < -0.3 is 9.73 Å². The van der Waals surface area contributed by atoms with E-state index in [4.69, 9.17) is 4.42 Å². The fraction of sp³-hybridized carbons (Fsp3) is 0.429. The van der Waals surface area contributed by atoms with Crippen LogP contribution in [0.4, 0.5) is 8.78 Å². The van der Waals surface area contributed by atoms with Crippen LogP contribution in [0.2, 0.25) is 0 Å². The zero-order valence-corrected chi connectivity index (χ0v) is 10.2. The van der Waals surface area contributed by atoms with Crippen molar-refractivity contribution < 1.29 is 13.2 Å². The standard InChI is InChI=1S/C14H15F2NO/c1-8-7-17-4-2-10(8)12-13(16)11(15)6-9-3-5-18-14(9)12/h3,5-6,8,10,17H,2,4,7H2,1H3. The van der Waals surface area contributed by atoms with Crippen LogP contribution in [0.15, 0.2) is 22.8 Å². The number of fused-ring (bicyclic) bond motifs is 1. The Balaban J connectivity index is 2.19. The van der Waals surface area contributed by atoms with Crippen molar-refractivity contribution in [1.29, 1.82) is 0 Å². The monoisotopic (exact) mass is 251 g/mol. The van der Waals surface area contributed by atoms with Crippen LogP contribution in [0.25, 0.3) is 11.0 Å². The molecule has 1 aliphatic heterocycles. The second-order valence-electron chi connectivity index (χ2n) is 5.00. The Morgan fingerprint density at radius 2 is 2.22 bits per heavy atom. The molecule has 2 heterocycles. The molecule has 0 aliphatic carbocycles. The van der Waals surface area contributed by atoms with Crippen molar-refractivity contribution in [3.05, 3.63) is 35.6 Å². The van der Waals surface area contributed by atoms with Gasteiger partial charge in [0.2, 0.25) is 0 Å². The van der Waals surface area contributed by atoms with Crippen molar-refractivity contribution in [2.45, 2.75) is 19.3 Å². The summed E-state index contributed by atoms with van der Waals surface area (Å²) < 4.78 is 33.1. The Morgan fingerprint density at radius 1 is 1.39 bits per heavy atom. The Bertz CT molecular complexity index is 578. The molecule has 96 valence electrons. The zero-order chi connectivity index (χ0) is 12.7. The molecule has 18 heavy (non-hydrogen) atoms. The van der Waals surface area contributed by atoms with Crippen molar-refractivity contribution in [3.63, 3.8) is 0 Å². The van der Waals surface area contributed by atoms with E-state index in [0.29, 0.717) is 16.5 Å². The van der Waals surface area contributed by atoms with Crippen LogP contribution in [0, 0.1) is 17.6 Å². The van der Waals surface area contributed by atoms with Gasteiger partial charge in [-0.3, -0.25) is 0 Å². The van der Waals surface area contributed by atoms with Gasteiger partial charge in [-0.15, -0.1) is 0 Å². The zero-order valence-electron chi connectivity index (χ0n) is 10.2. The first kappa shape index (κ1) is 11.7. The molecule has 4 heteroatoms. The molecule has 2 atom stereocenters. The molecule has 0 bridgehead atoms. The van der Waals surface area contributed by atoms with Gasteiger partial charge >= 0.3 is 0 Å². The lowest BCUT2D eigenvalue weighted by atomic mass is 9.81. The van der Waals surface area contributed by atoms with E-state index in [1.165, 1.54) is 12.3 Å². The summed E-state index contributed by atoms with van der Waals surface area (Å²) >= 11 is 0. The summed E-state index contributed by atoms with van der Waals surface area (Å²) in [6, 6.07) is 2.87. The molecule has 1 fully saturated rings. The molecule has 0 spiro atoms.